The molecule has 0 saturated heterocycles. The molecule has 0 bridgehead atoms. The first kappa shape index (κ1) is 28.7. The molecule has 2 N–H and O–H groups in total. The van der Waals surface area contributed by atoms with E-state index in [2.05, 4.69) is 15.9 Å². The van der Waals surface area contributed by atoms with Crippen molar-refractivity contribution in [3.63, 3.8) is 0 Å². The van der Waals surface area contributed by atoms with E-state index in [9.17, 15) is 18.4 Å². The highest BCUT2D eigenvalue weighted by Crippen LogP contribution is 2.41. The number of benzene rings is 2. The monoisotopic (exact) mass is 550 g/mol. The lowest BCUT2D eigenvalue weighted by Gasteiger charge is -2.01. The van der Waals surface area contributed by atoms with Gasteiger partial charge in [0.1, 0.15) is 22.8 Å². The maximum atomic E-state index is 12.7. The van der Waals surface area contributed by atoms with Crippen LogP contribution in [0.25, 0.3) is 0 Å². The number of hydrogen-bond donors (Lipinski definition) is 2. The van der Waals surface area contributed by atoms with Gasteiger partial charge in [-0.25, -0.2) is 8.78 Å². The number of carbonyl (C=O) groups is 2. The molecular weight excluding hydrogens is 528 g/mol. The zero-order valence-corrected chi connectivity index (χ0v) is 20.5. The van der Waals surface area contributed by atoms with Crippen LogP contribution in [-0.2, 0) is 0 Å². The molecule has 2 aliphatic rings. The molecule has 2 aromatic rings. The van der Waals surface area contributed by atoms with Gasteiger partial charge in [0.15, 0.2) is 6.29 Å². The minimum atomic E-state index is -1.04. The molecule has 0 aromatic heterocycles. The van der Waals surface area contributed by atoms with Crippen LogP contribution in [0.1, 0.15) is 64.8 Å². The SMILES string of the molecule is CC(Cl)Cl.O=Cc1cc(F)ccc1Br.O=Cc1cc(F)ccc1C1CC1.OB(O)C1CC1. The van der Waals surface area contributed by atoms with Gasteiger partial charge in [-0.1, -0.05) is 34.8 Å². The molecule has 4 rings (SSSR count). The van der Waals surface area contributed by atoms with Gasteiger partial charge in [-0.15, -0.1) is 23.2 Å². The van der Waals surface area contributed by atoms with Crippen LogP contribution in [-0.4, -0.2) is 34.6 Å². The summed E-state index contributed by atoms with van der Waals surface area (Å²) in [4.78, 5) is 20.5. The van der Waals surface area contributed by atoms with E-state index in [0.717, 1.165) is 37.5 Å². The molecule has 0 atom stereocenters. The molecule has 2 aliphatic carbocycles. The van der Waals surface area contributed by atoms with Gasteiger partial charge < -0.3 is 10.0 Å². The second kappa shape index (κ2) is 14.8. The maximum absolute atomic E-state index is 12.7. The van der Waals surface area contributed by atoms with Gasteiger partial charge in [-0.05, 0) is 67.4 Å². The summed E-state index contributed by atoms with van der Waals surface area (Å²) < 4.78 is 25.6. The predicted molar refractivity (Wildman–Crippen MR) is 128 cm³/mol. The van der Waals surface area contributed by atoms with E-state index in [0.29, 0.717) is 27.8 Å². The average molecular weight is 552 g/mol. The molecule has 2 saturated carbocycles. The number of alkyl halides is 2. The average Bonchev–Trinajstić information content (AvgIpc) is 3.63. The number of rotatable bonds is 4. The molecule has 2 fully saturated rings. The Morgan fingerprint density at radius 3 is 1.78 bits per heavy atom. The molecule has 10 heteroatoms. The van der Waals surface area contributed by atoms with E-state index >= 15 is 0 Å². The first-order valence-electron chi connectivity index (χ1n) is 9.88. The Morgan fingerprint density at radius 2 is 1.44 bits per heavy atom. The Hall–Kier alpha value is -1.32. The molecule has 2 aromatic carbocycles. The minimum absolute atomic E-state index is 0.213. The van der Waals surface area contributed by atoms with Crippen molar-refractivity contribution in [3.8, 4) is 0 Å². The Morgan fingerprint density at radius 1 is 0.969 bits per heavy atom. The second-order valence-electron chi connectivity index (χ2n) is 7.22. The van der Waals surface area contributed by atoms with Crippen molar-refractivity contribution in [3.05, 3.63) is 69.2 Å². The zero-order valence-electron chi connectivity index (χ0n) is 17.4. The maximum Gasteiger partial charge on any atom is 0.454 e. The number of halogens is 5. The van der Waals surface area contributed by atoms with E-state index < -0.39 is 12.9 Å². The summed E-state index contributed by atoms with van der Waals surface area (Å²) in [5.41, 5.74) is 1.85. The number of hydrogen-bond acceptors (Lipinski definition) is 4. The quantitative estimate of drug-likeness (QED) is 0.264. The summed E-state index contributed by atoms with van der Waals surface area (Å²) in [6, 6.07) is 8.41. The van der Waals surface area contributed by atoms with Crippen molar-refractivity contribution < 1.29 is 28.4 Å². The van der Waals surface area contributed by atoms with E-state index in [1.54, 1.807) is 13.0 Å². The lowest BCUT2D eigenvalue weighted by molar-refractivity contribution is 0.111. The molecule has 174 valence electrons. The summed E-state index contributed by atoms with van der Waals surface area (Å²) in [7, 11) is -1.04. The van der Waals surface area contributed by atoms with E-state index in [1.807, 2.05) is 0 Å². The third kappa shape index (κ3) is 12.1. The van der Waals surface area contributed by atoms with Gasteiger partial charge in [-0.2, -0.15) is 0 Å². The number of aldehydes is 2. The van der Waals surface area contributed by atoms with Crippen molar-refractivity contribution in [2.45, 2.75) is 49.2 Å². The lowest BCUT2D eigenvalue weighted by atomic mass is 9.84. The van der Waals surface area contributed by atoms with Crippen LogP contribution >= 0.6 is 39.1 Å². The fourth-order valence-electron chi connectivity index (χ4n) is 2.41. The number of carbonyl (C=O) groups excluding carboxylic acids is 2. The third-order valence-corrected chi connectivity index (χ3v) is 5.04. The Labute approximate surface area is 205 Å². The van der Waals surface area contributed by atoms with Crippen molar-refractivity contribution in [2.75, 3.05) is 0 Å². The predicted octanol–water partition coefficient (Wildman–Crippen LogP) is 6.35. The van der Waals surface area contributed by atoms with Crippen molar-refractivity contribution in [2.24, 2.45) is 0 Å². The van der Waals surface area contributed by atoms with E-state index in [1.165, 1.54) is 30.3 Å². The largest absolute Gasteiger partial charge is 0.454 e. The summed E-state index contributed by atoms with van der Waals surface area (Å²) in [6.45, 7) is 1.70. The molecule has 0 spiro atoms. The van der Waals surface area contributed by atoms with E-state index in [4.69, 9.17) is 33.2 Å². The van der Waals surface area contributed by atoms with Crippen LogP contribution in [0, 0.1) is 11.6 Å². The van der Waals surface area contributed by atoms with Crippen LogP contribution < -0.4 is 0 Å². The van der Waals surface area contributed by atoms with Gasteiger partial charge in [0, 0.05) is 15.6 Å². The lowest BCUT2D eigenvalue weighted by Crippen LogP contribution is -2.09. The Bertz CT molecular complexity index is 876. The van der Waals surface area contributed by atoms with Crippen LogP contribution in [0.15, 0.2) is 40.9 Å². The molecule has 4 nitrogen and oxygen atoms in total. The van der Waals surface area contributed by atoms with Gasteiger partial charge >= 0.3 is 7.12 Å². The van der Waals surface area contributed by atoms with Gasteiger partial charge in [0.25, 0.3) is 0 Å². The summed E-state index contributed by atoms with van der Waals surface area (Å²) in [5, 5.41) is 16.5. The first-order chi connectivity index (χ1) is 15.1. The highest BCUT2D eigenvalue weighted by molar-refractivity contribution is 9.10. The van der Waals surface area contributed by atoms with Crippen molar-refractivity contribution in [1.29, 1.82) is 0 Å². The Balaban J connectivity index is 0.000000231. The van der Waals surface area contributed by atoms with Crippen LogP contribution in [0.3, 0.4) is 0 Å². The van der Waals surface area contributed by atoms with Gasteiger partial charge in [0.05, 0.1) is 0 Å². The molecule has 0 unspecified atom stereocenters. The van der Waals surface area contributed by atoms with Crippen molar-refractivity contribution in [1.82, 2.24) is 0 Å². The highest BCUT2D eigenvalue weighted by atomic mass is 79.9. The van der Waals surface area contributed by atoms with Crippen molar-refractivity contribution >= 4 is 58.8 Å². The fraction of sp³-hybridized carbons (Fsp3) is 0.364. The van der Waals surface area contributed by atoms with Crippen LogP contribution in [0.4, 0.5) is 8.78 Å². The molecule has 0 heterocycles. The summed E-state index contributed by atoms with van der Waals surface area (Å²) >= 11 is 13.2. The van der Waals surface area contributed by atoms with Crippen LogP contribution in [0.2, 0.25) is 5.82 Å². The fourth-order valence-corrected chi connectivity index (χ4v) is 2.75. The molecule has 0 aliphatic heterocycles. The standard InChI is InChI=1S/C10H9FO.C7H4BrFO.C3H7BO2.C2H4Cl2/c11-9-3-4-10(7-1-2-7)8(5-9)6-12;8-7-2-1-6(9)3-5(7)4-10;5-4(6)3-1-2-3;1-2(3)4/h3-7H,1-2H2;1-4H;3,5-6H,1-2H2;2H,1H3. The summed E-state index contributed by atoms with van der Waals surface area (Å²) in [5.74, 6) is -0.0115. The zero-order chi connectivity index (χ0) is 24.3. The highest BCUT2D eigenvalue weighted by Gasteiger charge is 2.33. The van der Waals surface area contributed by atoms with Gasteiger partial charge in [-0.3, -0.25) is 9.59 Å². The minimum Gasteiger partial charge on any atom is -0.427 e. The Kier molecular flexibility index (Phi) is 13.2. The molecular formula is C22H24BBrCl2F2O4. The first-order valence-corrected chi connectivity index (χ1v) is 11.5. The molecule has 0 amide bonds. The third-order valence-electron chi connectivity index (χ3n) is 4.32. The van der Waals surface area contributed by atoms with Crippen LogP contribution in [0.5, 0.6) is 0 Å². The normalized spacial score (nSPS) is 14.0. The topological polar surface area (TPSA) is 74.6 Å². The second-order valence-corrected chi connectivity index (χ2v) is 9.61. The molecule has 32 heavy (non-hydrogen) atoms. The van der Waals surface area contributed by atoms with E-state index in [-0.39, 0.29) is 16.5 Å². The van der Waals surface area contributed by atoms with Gasteiger partial charge in [0.2, 0.25) is 0 Å². The molecule has 0 radical (unpaired) electrons. The summed E-state index contributed by atoms with van der Waals surface area (Å²) in [6.07, 6.45) is 5.60. The smallest absolute Gasteiger partial charge is 0.427 e.